The minimum absolute atomic E-state index is 0.0276. The summed E-state index contributed by atoms with van der Waals surface area (Å²) in [6, 6.07) is 12.1. The normalized spacial score (nSPS) is 10.4. The largest absolute Gasteiger partial charge is 0.489 e. The van der Waals surface area contributed by atoms with Crippen LogP contribution in [0, 0.1) is 10.1 Å². The molecular formula is C15H15ClN2O3. The Labute approximate surface area is 127 Å². The Hall–Kier alpha value is -2.11. The third-order valence-corrected chi connectivity index (χ3v) is 3.30. The van der Waals surface area contributed by atoms with E-state index in [-0.39, 0.29) is 12.3 Å². The van der Waals surface area contributed by atoms with Crippen LogP contribution in [-0.2, 0) is 13.2 Å². The van der Waals surface area contributed by atoms with Crippen molar-refractivity contribution in [1.29, 1.82) is 0 Å². The Morgan fingerprint density at radius 1 is 1.24 bits per heavy atom. The summed E-state index contributed by atoms with van der Waals surface area (Å²) in [6.45, 7) is 1.07. The number of nitrogens with one attached hydrogen (secondary N) is 1. The van der Waals surface area contributed by atoms with Gasteiger partial charge in [-0.15, -0.1) is 0 Å². The van der Waals surface area contributed by atoms with E-state index in [0.717, 1.165) is 12.3 Å². The van der Waals surface area contributed by atoms with Crippen molar-refractivity contribution in [1.82, 2.24) is 5.32 Å². The second-order valence-corrected chi connectivity index (χ2v) is 4.90. The highest BCUT2D eigenvalue weighted by Gasteiger charge is 2.09. The number of rotatable bonds is 6. The molecule has 0 bridgehead atoms. The lowest BCUT2D eigenvalue weighted by molar-refractivity contribution is -0.384. The van der Waals surface area contributed by atoms with Crippen LogP contribution >= 0.6 is 11.6 Å². The summed E-state index contributed by atoms with van der Waals surface area (Å²) in [5.41, 5.74) is 1.85. The molecule has 0 aliphatic heterocycles. The van der Waals surface area contributed by atoms with Gasteiger partial charge in [-0.2, -0.15) is 0 Å². The van der Waals surface area contributed by atoms with Gasteiger partial charge in [0.25, 0.3) is 5.69 Å². The summed E-state index contributed by atoms with van der Waals surface area (Å²) in [6.07, 6.45) is 0. The molecule has 0 aromatic heterocycles. The molecule has 0 fully saturated rings. The molecule has 0 aliphatic carbocycles. The molecule has 21 heavy (non-hydrogen) atoms. The standard InChI is InChI=1S/C15H15ClN2O3/c1-17-9-11-2-6-14(7-3-11)21-10-12-4-5-13(18(19)20)8-15(12)16/h2-8,17H,9-10H2,1H3. The van der Waals surface area contributed by atoms with Gasteiger partial charge in [0.05, 0.1) is 9.95 Å². The molecule has 2 rings (SSSR count). The molecule has 0 amide bonds. The second-order valence-electron chi connectivity index (χ2n) is 4.50. The summed E-state index contributed by atoms with van der Waals surface area (Å²) >= 11 is 6.01. The first-order chi connectivity index (χ1) is 10.1. The average molecular weight is 307 g/mol. The van der Waals surface area contributed by atoms with Gasteiger partial charge in [-0.3, -0.25) is 10.1 Å². The van der Waals surface area contributed by atoms with Crippen LogP contribution in [0.25, 0.3) is 0 Å². The molecule has 110 valence electrons. The first kappa shape index (κ1) is 15.3. The van der Waals surface area contributed by atoms with Crippen molar-refractivity contribution in [2.45, 2.75) is 13.2 Å². The molecule has 2 aromatic rings. The number of ether oxygens (including phenoxy) is 1. The van der Waals surface area contributed by atoms with Crippen LogP contribution in [0.15, 0.2) is 42.5 Å². The van der Waals surface area contributed by atoms with Gasteiger partial charge in [-0.1, -0.05) is 23.7 Å². The molecule has 0 unspecified atom stereocenters. The first-order valence-corrected chi connectivity index (χ1v) is 6.77. The fraction of sp³-hybridized carbons (Fsp3) is 0.200. The van der Waals surface area contributed by atoms with E-state index in [4.69, 9.17) is 16.3 Å². The third-order valence-electron chi connectivity index (χ3n) is 2.95. The van der Waals surface area contributed by atoms with E-state index in [1.807, 2.05) is 31.3 Å². The lowest BCUT2D eigenvalue weighted by Gasteiger charge is -2.08. The SMILES string of the molecule is CNCc1ccc(OCc2ccc([N+](=O)[O-])cc2Cl)cc1. The molecule has 0 heterocycles. The van der Waals surface area contributed by atoms with Crippen molar-refractivity contribution in [3.8, 4) is 5.75 Å². The maximum atomic E-state index is 10.6. The van der Waals surface area contributed by atoms with Crippen molar-refractivity contribution < 1.29 is 9.66 Å². The summed E-state index contributed by atoms with van der Waals surface area (Å²) in [5, 5.41) is 14.0. The quantitative estimate of drug-likeness (QED) is 0.655. The highest BCUT2D eigenvalue weighted by atomic mass is 35.5. The molecule has 0 saturated heterocycles. The van der Waals surface area contributed by atoms with Gasteiger partial charge in [0.1, 0.15) is 12.4 Å². The number of hydrogen-bond acceptors (Lipinski definition) is 4. The van der Waals surface area contributed by atoms with E-state index < -0.39 is 4.92 Å². The average Bonchev–Trinajstić information content (AvgIpc) is 2.47. The Kier molecular flexibility index (Phi) is 5.14. The van der Waals surface area contributed by atoms with Gasteiger partial charge in [0, 0.05) is 24.2 Å². The second kappa shape index (κ2) is 7.06. The highest BCUT2D eigenvalue weighted by Crippen LogP contribution is 2.24. The predicted octanol–water partition coefficient (Wildman–Crippen LogP) is 3.55. The maximum absolute atomic E-state index is 10.6. The van der Waals surface area contributed by atoms with Gasteiger partial charge in [0.2, 0.25) is 0 Å². The fourth-order valence-electron chi connectivity index (χ4n) is 1.84. The number of hydrogen-bond donors (Lipinski definition) is 1. The summed E-state index contributed by atoms with van der Waals surface area (Å²) in [7, 11) is 1.89. The zero-order chi connectivity index (χ0) is 15.2. The van der Waals surface area contributed by atoms with Crippen molar-refractivity contribution >= 4 is 17.3 Å². The molecule has 0 atom stereocenters. The number of benzene rings is 2. The lowest BCUT2D eigenvalue weighted by Crippen LogP contribution is -2.04. The minimum Gasteiger partial charge on any atom is -0.489 e. The maximum Gasteiger partial charge on any atom is 0.270 e. The van der Waals surface area contributed by atoms with Crippen LogP contribution < -0.4 is 10.1 Å². The van der Waals surface area contributed by atoms with E-state index in [9.17, 15) is 10.1 Å². The van der Waals surface area contributed by atoms with Gasteiger partial charge in [-0.25, -0.2) is 0 Å². The Morgan fingerprint density at radius 2 is 1.95 bits per heavy atom. The van der Waals surface area contributed by atoms with Gasteiger partial charge in [0.15, 0.2) is 0 Å². The van der Waals surface area contributed by atoms with Crippen LogP contribution in [0.3, 0.4) is 0 Å². The van der Waals surface area contributed by atoms with Crippen LogP contribution in [-0.4, -0.2) is 12.0 Å². The number of nitro groups is 1. The molecule has 2 aromatic carbocycles. The van der Waals surface area contributed by atoms with E-state index in [2.05, 4.69) is 5.32 Å². The van der Waals surface area contributed by atoms with Crippen LogP contribution in [0.5, 0.6) is 5.75 Å². The van der Waals surface area contributed by atoms with Crippen molar-refractivity contribution in [2.24, 2.45) is 0 Å². The number of nitrogens with zero attached hydrogens (tertiary/aromatic N) is 1. The van der Waals surface area contributed by atoms with Crippen molar-refractivity contribution in [2.75, 3.05) is 7.05 Å². The van der Waals surface area contributed by atoms with Crippen molar-refractivity contribution in [3.05, 3.63) is 68.7 Å². The monoisotopic (exact) mass is 306 g/mol. The molecule has 0 radical (unpaired) electrons. The minimum atomic E-state index is -0.475. The third kappa shape index (κ3) is 4.18. The van der Waals surface area contributed by atoms with Crippen LogP contribution in [0.4, 0.5) is 5.69 Å². The topological polar surface area (TPSA) is 64.4 Å². The fourth-order valence-corrected chi connectivity index (χ4v) is 2.06. The van der Waals surface area contributed by atoms with Gasteiger partial charge >= 0.3 is 0 Å². The van der Waals surface area contributed by atoms with Crippen LogP contribution in [0.1, 0.15) is 11.1 Å². The molecule has 5 nitrogen and oxygen atoms in total. The van der Waals surface area contributed by atoms with E-state index in [1.165, 1.54) is 17.7 Å². The summed E-state index contributed by atoms with van der Waals surface area (Å²) in [5.74, 6) is 0.726. The van der Waals surface area contributed by atoms with Gasteiger partial charge in [-0.05, 0) is 30.8 Å². The zero-order valence-corrected chi connectivity index (χ0v) is 12.3. The number of nitro benzene ring substituents is 1. The Morgan fingerprint density at radius 3 is 2.52 bits per heavy atom. The number of non-ortho nitro benzene ring substituents is 1. The van der Waals surface area contributed by atoms with Gasteiger partial charge < -0.3 is 10.1 Å². The molecular weight excluding hydrogens is 292 g/mol. The molecule has 0 spiro atoms. The predicted molar refractivity (Wildman–Crippen MR) is 81.6 cm³/mol. The Bertz CT molecular complexity index is 629. The molecule has 6 heteroatoms. The Balaban J connectivity index is 2.01. The summed E-state index contributed by atoms with van der Waals surface area (Å²) < 4.78 is 5.63. The zero-order valence-electron chi connectivity index (χ0n) is 11.5. The number of halogens is 1. The first-order valence-electron chi connectivity index (χ1n) is 6.39. The molecule has 1 N–H and O–H groups in total. The van der Waals surface area contributed by atoms with E-state index in [1.54, 1.807) is 6.07 Å². The molecule has 0 aliphatic rings. The lowest BCUT2D eigenvalue weighted by atomic mass is 10.2. The highest BCUT2D eigenvalue weighted by molar-refractivity contribution is 6.31. The summed E-state index contributed by atoms with van der Waals surface area (Å²) in [4.78, 5) is 10.2. The molecule has 0 saturated carbocycles. The smallest absolute Gasteiger partial charge is 0.270 e. The van der Waals surface area contributed by atoms with Crippen LogP contribution in [0.2, 0.25) is 5.02 Å². The van der Waals surface area contributed by atoms with E-state index >= 15 is 0 Å². The van der Waals surface area contributed by atoms with Crippen molar-refractivity contribution in [3.63, 3.8) is 0 Å². The van der Waals surface area contributed by atoms with E-state index in [0.29, 0.717) is 10.6 Å².